The maximum atomic E-state index is 13.2. The summed E-state index contributed by atoms with van der Waals surface area (Å²) in [7, 11) is 0. The third-order valence-corrected chi connectivity index (χ3v) is 3.05. The molecule has 0 aliphatic carbocycles. The Kier molecular flexibility index (Phi) is 4.06. The molecule has 1 heterocycles. The van der Waals surface area contributed by atoms with Crippen LogP contribution in [-0.2, 0) is 6.54 Å². The van der Waals surface area contributed by atoms with E-state index in [1.807, 2.05) is 0 Å². The highest BCUT2D eigenvalue weighted by molar-refractivity contribution is 6.30. The molecule has 0 saturated carbocycles. The van der Waals surface area contributed by atoms with Crippen LogP contribution in [0.4, 0.5) is 17.6 Å². The van der Waals surface area contributed by atoms with Crippen molar-refractivity contribution in [2.75, 3.05) is 0 Å². The standard InChI is InChI=1S/C13H10ClF4NO/c14-10-2-1-8(5-11(10)15)6-19-4-3-9(7-19)12(20)13(16,17)18/h1-5,7,12,20H,6H2. The van der Waals surface area contributed by atoms with E-state index in [4.69, 9.17) is 16.7 Å². The molecular formula is C13H10ClF4NO. The number of nitrogens with zero attached hydrogens (tertiary/aromatic N) is 1. The molecule has 2 aromatic rings. The zero-order chi connectivity index (χ0) is 14.9. The lowest BCUT2D eigenvalue weighted by atomic mass is 10.2. The van der Waals surface area contributed by atoms with Crippen molar-refractivity contribution in [1.29, 1.82) is 0 Å². The van der Waals surface area contributed by atoms with Gasteiger partial charge in [0.05, 0.1) is 5.02 Å². The molecule has 7 heteroatoms. The fourth-order valence-electron chi connectivity index (χ4n) is 1.76. The minimum Gasteiger partial charge on any atom is -0.379 e. The summed E-state index contributed by atoms with van der Waals surface area (Å²) in [6.45, 7) is 0.179. The normalized spacial score (nSPS) is 13.5. The van der Waals surface area contributed by atoms with Crippen LogP contribution in [0.1, 0.15) is 17.2 Å². The molecule has 20 heavy (non-hydrogen) atoms. The summed E-state index contributed by atoms with van der Waals surface area (Å²) >= 11 is 5.54. The van der Waals surface area contributed by atoms with Crippen molar-refractivity contribution in [2.45, 2.75) is 18.8 Å². The van der Waals surface area contributed by atoms with E-state index in [2.05, 4.69) is 0 Å². The van der Waals surface area contributed by atoms with Crippen LogP contribution in [-0.4, -0.2) is 15.8 Å². The maximum absolute atomic E-state index is 13.2. The Morgan fingerprint density at radius 2 is 1.95 bits per heavy atom. The Bertz CT molecular complexity index is 609. The monoisotopic (exact) mass is 307 g/mol. The van der Waals surface area contributed by atoms with Gasteiger partial charge in [-0.3, -0.25) is 0 Å². The Morgan fingerprint density at radius 1 is 1.25 bits per heavy atom. The molecule has 0 fully saturated rings. The van der Waals surface area contributed by atoms with Crippen molar-refractivity contribution < 1.29 is 22.7 Å². The molecule has 1 unspecified atom stereocenters. The van der Waals surface area contributed by atoms with Crippen LogP contribution >= 0.6 is 11.6 Å². The minimum absolute atomic E-state index is 0.0190. The number of aliphatic hydroxyl groups excluding tert-OH is 1. The summed E-state index contributed by atoms with van der Waals surface area (Å²) in [4.78, 5) is 0. The maximum Gasteiger partial charge on any atom is 0.418 e. The average Bonchev–Trinajstić information content (AvgIpc) is 2.80. The molecule has 1 atom stereocenters. The molecule has 1 N–H and O–H groups in total. The first-order chi connectivity index (χ1) is 9.27. The SMILES string of the molecule is OC(c1ccn(Cc2ccc(Cl)c(F)c2)c1)C(F)(F)F. The number of hydrogen-bond acceptors (Lipinski definition) is 1. The smallest absolute Gasteiger partial charge is 0.379 e. The topological polar surface area (TPSA) is 25.2 Å². The predicted octanol–water partition coefficient (Wildman–Crippen LogP) is 3.92. The molecule has 2 rings (SSSR count). The van der Waals surface area contributed by atoms with Crippen LogP contribution in [0.3, 0.4) is 0 Å². The van der Waals surface area contributed by atoms with Crippen LogP contribution in [0.2, 0.25) is 5.02 Å². The van der Waals surface area contributed by atoms with Crippen LogP contribution in [0.25, 0.3) is 0 Å². The van der Waals surface area contributed by atoms with Crippen molar-refractivity contribution in [2.24, 2.45) is 0 Å². The van der Waals surface area contributed by atoms with Crippen LogP contribution in [0, 0.1) is 5.82 Å². The second kappa shape index (κ2) is 5.46. The van der Waals surface area contributed by atoms with Gasteiger partial charge >= 0.3 is 6.18 Å². The van der Waals surface area contributed by atoms with Gasteiger partial charge in [0, 0.05) is 24.5 Å². The first-order valence-electron chi connectivity index (χ1n) is 5.62. The molecule has 108 valence electrons. The summed E-state index contributed by atoms with van der Waals surface area (Å²) in [5, 5.41) is 9.08. The number of hydrogen-bond donors (Lipinski definition) is 1. The van der Waals surface area contributed by atoms with Crippen molar-refractivity contribution in [1.82, 2.24) is 4.57 Å². The van der Waals surface area contributed by atoms with Crippen molar-refractivity contribution in [3.8, 4) is 0 Å². The predicted molar refractivity (Wildman–Crippen MR) is 66.0 cm³/mol. The van der Waals surface area contributed by atoms with Gasteiger partial charge in [0.2, 0.25) is 0 Å². The minimum atomic E-state index is -4.71. The number of aliphatic hydroxyl groups is 1. The first kappa shape index (κ1) is 14.9. The highest BCUT2D eigenvalue weighted by Crippen LogP contribution is 2.32. The van der Waals surface area contributed by atoms with E-state index in [0.717, 1.165) is 0 Å². The second-order valence-corrected chi connectivity index (χ2v) is 4.72. The number of aromatic nitrogens is 1. The van der Waals surface area contributed by atoms with Crippen LogP contribution in [0.15, 0.2) is 36.7 Å². The van der Waals surface area contributed by atoms with Gasteiger partial charge in [0.25, 0.3) is 0 Å². The third-order valence-electron chi connectivity index (χ3n) is 2.75. The quantitative estimate of drug-likeness (QED) is 0.854. The van der Waals surface area contributed by atoms with E-state index in [1.54, 1.807) is 6.07 Å². The molecule has 0 radical (unpaired) electrons. The summed E-state index contributed by atoms with van der Waals surface area (Å²) < 4.78 is 51.7. The lowest BCUT2D eigenvalue weighted by molar-refractivity contribution is -0.206. The Morgan fingerprint density at radius 3 is 2.55 bits per heavy atom. The van der Waals surface area contributed by atoms with E-state index in [0.29, 0.717) is 5.56 Å². The molecule has 2 nitrogen and oxygen atoms in total. The van der Waals surface area contributed by atoms with Gasteiger partial charge in [0.1, 0.15) is 5.82 Å². The van der Waals surface area contributed by atoms with Gasteiger partial charge in [-0.05, 0) is 23.8 Å². The highest BCUT2D eigenvalue weighted by atomic mass is 35.5. The van der Waals surface area contributed by atoms with Crippen LogP contribution in [0.5, 0.6) is 0 Å². The van der Waals surface area contributed by atoms with Crippen LogP contribution < -0.4 is 0 Å². The summed E-state index contributed by atoms with van der Waals surface area (Å²) in [6, 6.07) is 5.33. The van der Waals surface area contributed by atoms with Gasteiger partial charge in [-0.1, -0.05) is 17.7 Å². The fourth-order valence-corrected chi connectivity index (χ4v) is 1.87. The lowest BCUT2D eigenvalue weighted by Gasteiger charge is -2.12. The molecule has 0 bridgehead atoms. The lowest BCUT2D eigenvalue weighted by Crippen LogP contribution is -2.19. The molecule has 1 aromatic carbocycles. The van der Waals surface area contributed by atoms with Crippen molar-refractivity contribution in [3.63, 3.8) is 0 Å². The molecule has 0 spiro atoms. The Balaban J connectivity index is 2.15. The zero-order valence-corrected chi connectivity index (χ0v) is 10.8. The number of alkyl halides is 3. The van der Waals surface area contributed by atoms with Gasteiger partial charge in [-0.2, -0.15) is 13.2 Å². The Hall–Kier alpha value is -1.53. The van der Waals surface area contributed by atoms with Gasteiger partial charge < -0.3 is 9.67 Å². The summed E-state index contributed by atoms with van der Waals surface area (Å²) in [5.41, 5.74) is 0.294. The molecular weight excluding hydrogens is 298 g/mol. The molecule has 0 amide bonds. The third kappa shape index (κ3) is 3.32. The summed E-state index contributed by atoms with van der Waals surface area (Å²) in [6.07, 6.45) is -4.68. The van der Waals surface area contributed by atoms with Gasteiger partial charge in [-0.25, -0.2) is 4.39 Å². The number of rotatable bonds is 3. The van der Waals surface area contributed by atoms with Gasteiger partial charge in [0.15, 0.2) is 6.10 Å². The second-order valence-electron chi connectivity index (χ2n) is 4.31. The molecule has 0 aliphatic heterocycles. The largest absolute Gasteiger partial charge is 0.418 e. The molecule has 0 saturated heterocycles. The van der Waals surface area contributed by atoms with E-state index in [-0.39, 0.29) is 17.1 Å². The van der Waals surface area contributed by atoms with Gasteiger partial charge in [-0.15, -0.1) is 0 Å². The van der Waals surface area contributed by atoms with E-state index in [1.165, 1.54) is 35.2 Å². The summed E-state index contributed by atoms with van der Waals surface area (Å²) in [5.74, 6) is -0.591. The average molecular weight is 308 g/mol. The van der Waals surface area contributed by atoms with E-state index < -0.39 is 18.1 Å². The first-order valence-corrected chi connectivity index (χ1v) is 5.99. The highest BCUT2D eigenvalue weighted by Gasteiger charge is 2.39. The Labute approximate surface area is 117 Å². The number of benzene rings is 1. The zero-order valence-electron chi connectivity index (χ0n) is 10.0. The molecule has 0 aliphatic rings. The molecule has 1 aromatic heterocycles. The fraction of sp³-hybridized carbons (Fsp3) is 0.231. The van der Waals surface area contributed by atoms with Crippen molar-refractivity contribution in [3.05, 3.63) is 58.6 Å². The number of halogens is 5. The van der Waals surface area contributed by atoms with E-state index in [9.17, 15) is 17.6 Å². The van der Waals surface area contributed by atoms with Crippen molar-refractivity contribution >= 4 is 11.6 Å². The van der Waals surface area contributed by atoms with E-state index >= 15 is 0 Å².